The first-order valence-electron chi connectivity index (χ1n) is 11.1. The van der Waals surface area contributed by atoms with Gasteiger partial charge in [-0.1, -0.05) is 37.6 Å². The lowest BCUT2D eigenvalue weighted by Crippen LogP contribution is -2.36. The number of rotatable bonds is 8. The average molecular weight is 493 g/mol. The lowest BCUT2D eigenvalue weighted by molar-refractivity contribution is -0.696. The number of aliphatic imine (C=N–C) groups is 1. The molecule has 0 unspecified atom stereocenters. The van der Waals surface area contributed by atoms with Gasteiger partial charge in [-0.15, -0.1) is 0 Å². The molecule has 0 atom stereocenters. The highest BCUT2D eigenvalue weighted by Gasteiger charge is 2.38. The lowest BCUT2D eigenvalue weighted by atomic mass is 9.90. The number of sulfonamides is 1. The van der Waals surface area contributed by atoms with Crippen molar-refractivity contribution < 1.29 is 27.7 Å². The Morgan fingerprint density at radius 3 is 2.34 bits per heavy atom. The van der Waals surface area contributed by atoms with Crippen LogP contribution in [0.3, 0.4) is 0 Å². The van der Waals surface area contributed by atoms with Crippen LogP contribution in [0.4, 0.5) is 5.69 Å². The summed E-state index contributed by atoms with van der Waals surface area (Å²) in [6, 6.07) is 11.6. The van der Waals surface area contributed by atoms with Crippen LogP contribution in [0.5, 0.6) is 0 Å². The Balaban J connectivity index is 1.79. The summed E-state index contributed by atoms with van der Waals surface area (Å²) in [6.07, 6.45) is 6.96. The van der Waals surface area contributed by atoms with Crippen molar-refractivity contribution in [1.29, 1.82) is 0 Å². The number of carbonyl (C=O) groups excluding carboxylic acids is 2. The van der Waals surface area contributed by atoms with E-state index in [2.05, 4.69) is 16.6 Å². The number of imidazole rings is 1. The molecular formula is C25H24N4O5S. The highest BCUT2D eigenvalue weighted by atomic mass is 32.2. The predicted molar refractivity (Wildman–Crippen MR) is 127 cm³/mol. The van der Waals surface area contributed by atoms with Crippen LogP contribution in [0.2, 0.25) is 0 Å². The Bertz CT molecular complexity index is 1460. The predicted octanol–water partition coefficient (Wildman–Crippen LogP) is 2.21. The van der Waals surface area contributed by atoms with E-state index in [1.807, 2.05) is 4.57 Å². The smallest absolute Gasteiger partial charge is 0.262 e. The van der Waals surface area contributed by atoms with Crippen molar-refractivity contribution in [3.05, 3.63) is 84.1 Å². The van der Waals surface area contributed by atoms with Crippen molar-refractivity contribution in [2.45, 2.75) is 38.1 Å². The third-order valence-corrected chi connectivity index (χ3v) is 6.85. The minimum Gasteiger partial charge on any atom is -0.862 e. The first-order valence-corrected chi connectivity index (χ1v) is 12.5. The molecule has 1 heterocycles. The van der Waals surface area contributed by atoms with Gasteiger partial charge in [-0.25, -0.2) is 13.0 Å². The molecule has 0 amide bonds. The summed E-state index contributed by atoms with van der Waals surface area (Å²) in [6.45, 7) is 4.07. The van der Waals surface area contributed by atoms with E-state index in [-0.39, 0.29) is 27.4 Å². The number of hydrogen-bond donors (Lipinski definition) is 1. The Morgan fingerprint density at radius 2 is 1.71 bits per heavy atom. The number of fused-ring (bicyclic) bond motifs is 1. The van der Waals surface area contributed by atoms with Gasteiger partial charge in [-0.3, -0.25) is 19.3 Å². The number of ketones is 2. The zero-order valence-corrected chi connectivity index (χ0v) is 20.1. The summed E-state index contributed by atoms with van der Waals surface area (Å²) < 4.78 is 32.1. The molecule has 1 N–H and O–H groups in total. The number of nitrogens with zero attached hydrogens (tertiary/aromatic N) is 3. The molecule has 1 aliphatic rings. The van der Waals surface area contributed by atoms with E-state index in [1.165, 1.54) is 41.8 Å². The third kappa shape index (κ3) is 4.92. The van der Waals surface area contributed by atoms with Crippen molar-refractivity contribution in [2.24, 2.45) is 4.99 Å². The zero-order chi connectivity index (χ0) is 25.2. The van der Waals surface area contributed by atoms with E-state index in [0.717, 1.165) is 12.8 Å². The fourth-order valence-electron chi connectivity index (χ4n) is 3.78. The summed E-state index contributed by atoms with van der Waals surface area (Å²) in [5, 5.41) is 11.2. The summed E-state index contributed by atoms with van der Waals surface area (Å²) in [5.74, 6) is -1.48. The van der Waals surface area contributed by atoms with E-state index in [4.69, 9.17) is 0 Å². The number of nitrogens with one attached hydrogen (secondary N) is 1. The molecular weight excluding hydrogens is 468 g/mol. The van der Waals surface area contributed by atoms with Gasteiger partial charge in [0.1, 0.15) is 18.1 Å². The summed E-state index contributed by atoms with van der Waals surface area (Å²) in [5.41, 5.74) is 0.235. The highest BCUT2D eigenvalue weighted by Crippen LogP contribution is 2.29. The molecule has 0 saturated carbocycles. The number of aryl methyl sites for hydroxylation is 1. The molecule has 0 fully saturated rings. The molecule has 0 spiro atoms. The number of allylic oxidation sites excluding steroid dienone is 2. The monoisotopic (exact) mass is 492 g/mol. The molecule has 10 heteroatoms. The number of unbranched alkanes of at least 4 members (excludes halogenated alkanes) is 1. The number of aromatic nitrogens is 2. The number of benzene rings is 2. The summed E-state index contributed by atoms with van der Waals surface area (Å²) in [7, 11) is -4.24. The standard InChI is InChI=1S/C25H24N4O5S/c1-3-4-13-28-14-15-29(16-28)23-22(24(31)20-7-5-6-8-21(20)25(23)32)27-35(33,34)19-11-9-18(10-12-19)26-17(2)30/h5-12,14-16H,3-4,13H2,1-2H3,(H-,26,27,30,32). The largest absolute Gasteiger partial charge is 0.862 e. The van der Waals surface area contributed by atoms with Gasteiger partial charge in [-0.05, 0) is 43.5 Å². The molecule has 2 aromatic carbocycles. The van der Waals surface area contributed by atoms with Crippen molar-refractivity contribution in [1.82, 2.24) is 9.29 Å². The third-order valence-electron chi connectivity index (χ3n) is 5.48. The Hall–Kier alpha value is -4.05. The Morgan fingerprint density at radius 1 is 1.06 bits per heavy atom. The van der Waals surface area contributed by atoms with Gasteiger partial charge in [0.25, 0.3) is 10.0 Å². The molecule has 0 radical (unpaired) electrons. The van der Waals surface area contributed by atoms with Crippen LogP contribution in [0.1, 0.15) is 47.4 Å². The van der Waals surface area contributed by atoms with Crippen LogP contribution in [0.15, 0.2) is 82.8 Å². The van der Waals surface area contributed by atoms with Crippen LogP contribution < -0.4 is 14.4 Å². The molecule has 1 aliphatic carbocycles. The van der Waals surface area contributed by atoms with Gasteiger partial charge >= 0.3 is 0 Å². The number of carbonyl (C=O) groups is 2. The Kier molecular flexibility index (Phi) is 6.65. The first kappa shape index (κ1) is 24.1. The van der Waals surface area contributed by atoms with Crippen LogP contribution >= 0.6 is 0 Å². The molecule has 1 aromatic heterocycles. The fourth-order valence-corrected chi connectivity index (χ4v) is 4.85. The maximum Gasteiger partial charge on any atom is 0.262 e. The van der Waals surface area contributed by atoms with Gasteiger partial charge < -0.3 is 5.11 Å². The SMILES string of the molecule is CCCC[n+]1ccn(C2=C(NS(=O)(=O)c3ccc(N=C(C)[O-])cc3)C(=O)c3ccccc3C2=O)c1. The zero-order valence-electron chi connectivity index (χ0n) is 19.3. The Labute approximate surface area is 203 Å². The molecule has 35 heavy (non-hydrogen) atoms. The number of hydrogen-bond acceptors (Lipinski definition) is 6. The molecule has 0 saturated heterocycles. The van der Waals surface area contributed by atoms with E-state index >= 15 is 0 Å². The van der Waals surface area contributed by atoms with E-state index < -0.39 is 27.5 Å². The molecule has 0 aliphatic heterocycles. The van der Waals surface area contributed by atoms with Crippen LogP contribution in [-0.4, -0.2) is 30.4 Å². The van der Waals surface area contributed by atoms with Crippen LogP contribution in [0, 0.1) is 0 Å². The van der Waals surface area contributed by atoms with Crippen LogP contribution in [0.25, 0.3) is 5.70 Å². The second kappa shape index (κ2) is 9.67. The van der Waals surface area contributed by atoms with E-state index in [0.29, 0.717) is 12.2 Å². The lowest BCUT2D eigenvalue weighted by Gasteiger charge is -2.19. The van der Waals surface area contributed by atoms with Gasteiger partial charge in [0.05, 0.1) is 17.1 Å². The summed E-state index contributed by atoms with van der Waals surface area (Å²) in [4.78, 5) is 30.5. The summed E-state index contributed by atoms with van der Waals surface area (Å²) >= 11 is 0. The van der Waals surface area contributed by atoms with Crippen LogP contribution in [-0.2, 0) is 16.6 Å². The second-order valence-corrected chi connectivity index (χ2v) is 9.75. The van der Waals surface area contributed by atoms with Crippen molar-refractivity contribution in [3.63, 3.8) is 0 Å². The molecule has 0 bridgehead atoms. The maximum atomic E-state index is 13.4. The minimum atomic E-state index is -4.24. The normalized spacial score (nSPS) is 14.3. The highest BCUT2D eigenvalue weighted by molar-refractivity contribution is 7.89. The van der Waals surface area contributed by atoms with Crippen molar-refractivity contribution >= 4 is 38.9 Å². The van der Waals surface area contributed by atoms with E-state index in [1.54, 1.807) is 36.9 Å². The van der Waals surface area contributed by atoms with Gasteiger partial charge in [0.2, 0.25) is 23.6 Å². The second-order valence-electron chi connectivity index (χ2n) is 8.07. The van der Waals surface area contributed by atoms with Gasteiger partial charge in [0, 0.05) is 11.1 Å². The quantitative estimate of drug-likeness (QED) is 0.293. The topological polar surface area (TPSA) is 125 Å². The minimum absolute atomic E-state index is 0.0734. The molecule has 3 aromatic rings. The molecule has 9 nitrogen and oxygen atoms in total. The molecule has 180 valence electrons. The average Bonchev–Trinajstić information content (AvgIpc) is 3.29. The maximum absolute atomic E-state index is 13.4. The van der Waals surface area contributed by atoms with E-state index in [9.17, 15) is 23.1 Å². The fraction of sp³-hybridized carbons (Fsp3) is 0.200. The number of Topliss-reactive ketones (excluding diaryl/α,β-unsaturated/α-hetero) is 2. The molecule has 4 rings (SSSR count). The van der Waals surface area contributed by atoms with Crippen molar-refractivity contribution in [3.8, 4) is 0 Å². The van der Waals surface area contributed by atoms with Gasteiger partial charge in [-0.2, -0.15) is 4.57 Å². The van der Waals surface area contributed by atoms with Gasteiger partial charge in [0.15, 0.2) is 0 Å². The van der Waals surface area contributed by atoms with Crippen molar-refractivity contribution in [2.75, 3.05) is 0 Å². The first-order chi connectivity index (χ1) is 16.7.